The molecule has 7 heteroatoms. The first-order valence-corrected chi connectivity index (χ1v) is 3.37. The Bertz CT molecular complexity index is 137. The van der Waals surface area contributed by atoms with Gasteiger partial charge in [0.05, 0.1) is 5.75 Å². The number of carbonyl (C=O) groups is 1. The Kier molecular flexibility index (Phi) is 6.46. The van der Waals surface area contributed by atoms with Crippen molar-refractivity contribution in [1.29, 1.82) is 0 Å². The van der Waals surface area contributed by atoms with E-state index in [0.717, 1.165) is 0 Å². The predicted molar refractivity (Wildman–Crippen MR) is 34.9 cm³/mol. The maximum Gasteiger partial charge on any atom is 0.321 e. The second-order valence-electron chi connectivity index (χ2n) is 1.43. The molecule has 0 spiro atoms. The van der Waals surface area contributed by atoms with Crippen LogP contribution in [-0.4, -0.2) is 37.1 Å². The van der Waals surface area contributed by atoms with Gasteiger partial charge in [-0.1, -0.05) is 0 Å². The molecule has 0 rings (SSSR count). The average molecular weight is 171 g/mol. The van der Waals surface area contributed by atoms with E-state index in [1.807, 2.05) is 0 Å². The van der Waals surface area contributed by atoms with Gasteiger partial charge in [-0.3, -0.25) is 4.79 Å². The van der Waals surface area contributed by atoms with Crippen molar-refractivity contribution in [3.8, 4) is 0 Å². The van der Waals surface area contributed by atoms with Gasteiger partial charge in [-0.2, -0.15) is 0 Å². The van der Waals surface area contributed by atoms with Crippen LogP contribution in [-0.2, 0) is 15.9 Å². The molecule has 2 atom stereocenters. The maximum atomic E-state index is 9.88. The monoisotopic (exact) mass is 171 g/mol. The summed E-state index contributed by atoms with van der Waals surface area (Å²) in [6, 6.07) is -1.24. The van der Waals surface area contributed by atoms with Gasteiger partial charge in [-0.15, -0.1) is 0 Å². The van der Waals surface area contributed by atoms with Gasteiger partial charge in [0.15, 0.2) is 11.1 Å². The molecule has 0 saturated carbocycles. The minimum atomic E-state index is -2.12. The number of carboxylic acid groups (broad SMARTS) is 1. The fourth-order valence-electron chi connectivity index (χ4n) is 0.225. The van der Waals surface area contributed by atoms with Gasteiger partial charge < -0.3 is 20.9 Å². The van der Waals surface area contributed by atoms with Crippen LogP contribution in [0.3, 0.4) is 0 Å². The number of aliphatic carboxylic acids is 1. The Labute approximate surface area is 59.6 Å². The van der Waals surface area contributed by atoms with Crippen LogP contribution < -0.4 is 5.73 Å². The highest BCUT2D eigenvalue weighted by atomic mass is 32.2. The van der Waals surface area contributed by atoms with Crippen molar-refractivity contribution < 1.29 is 24.1 Å². The lowest BCUT2D eigenvalue weighted by atomic mass is 10.4. The molecule has 0 aromatic heterocycles. The summed E-state index contributed by atoms with van der Waals surface area (Å²) >= 11 is -2.12. The summed E-state index contributed by atoms with van der Waals surface area (Å²) in [5.74, 6) is -1.69. The Balaban J connectivity index is 0. The molecule has 0 fully saturated rings. The molecule has 0 radical (unpaired) electrons. The van der Waals surface area contributed by atoms with Crippen LogP contribution in [0.15, 0.2) is 0 Å². The molecule has 1 unspecified atom stereocenters. The number of hydrogen-bond acceptors (Lipinski definition) is 3. The van der Waals surface area contributed by atoms with Gasteiger partial charge in [0, 0.05) is 0 Å². The van der Waals surface area contributed by atoms with E-state index in [1.165, 1.54) is 0 Å². The summed E-state index contributed by atoms with van der Waals surface area (Å²) in [5.41, 5.74) is 4.86. The van der Waals surface area contributed by atoms with Crippen molar-refractivity contribution in [2.45, 2.75) is 6.04 Å². The van der Waals surface area contributed by atoms with Crippen LogP contribution in [0.25, 0.3) is 0 Å². The topological polar surface area (TPSA) is 132 Å². The predicted octanol–water partition coefficient (Wildman–Crippen LogP) is -2.20. The van der Waals surface area contributed by atoms with Gasteiger partial charge in [-0.05, 0) is 0 Å². The van der Waals surface area contributed by atoms with Crippen molar-refractivity contribution in [3.05, 3.63) is 0 Å². The molecular formula is C3H9NO5S. The van der Waals surface area contributed by atoms with Gasteiger partial charge in [0.25, 0.3) is 0 Å². The quantitative estimate of drug-likeness (QED) is 0.414. The van der Waals surface area contributed by atoms with Crippen LogP contribution in [0.5, 0.6) is 0 Å². The summed E-state index contributed by atoms with van der Waals surface area (Å²) in [4.78, 5) is 9.86. The zero-order chi connectivity index (χ0) is 7.44. The lowest BCUT2D eigenvalue weighted by molar-refractivity contribution is -0.137. The third-order valence-corrected chi connectivity index (χ3v) is 1.28. The SMILES string of the molecule is N[C@@H](CS(=O)O)C(=O)O.O. The van der Waals surface area contributed by atoms with Crippen LogP contribution in [0.1, 0.15) is 0 Å². The van der Waals surface area contributed by atoms with Crippen molar-refractivity contribution in [1.82, 2.24) is 0 Å². The van der Waals surface area contributed by atoms with Gasteiger partial charge >= 0.3 is 5.97 Å². The second-order valence-corrected chi connectivity index (χ2v) is 2.41. The van der Waals surface area contributed by atoms with Crippen LogP contribution >= 0.6 is 0 Å². The lowest BCUT2D eigenvalue weighted by Gasteiger charge is -1.99. The molecule has 10 heavy (non-hydrogen) atoms. The van der Waals surface area contributed by atoms with Crippen LogP contribution in [0, 0.1) is 0 Å². The lowest BCUT2D eigenvalue weighted by Crippen LogP contribution is -2.35. The molecule has 6 nitrogen and oxygen atoms in total. The molecule has 0 aliphatic heterocycles. The molecule has 0 heterocycles. The summed E-state index contributed by atoms with van der Waals surface area (Å²) < 4.78 is 18.0. The fraction of sp³-hybridized carbons (Fsp3) is 0.667. The van der Waals surface area contributed by atoms with Gasteiger partial charge in [0.1, 0.15) is 6.04 Å². The van der Waals surface area contributed by atoms with E-state index < -0.39 is 28.8 Å². The minimum absolute atomic E-state index is 0. The standard InChI is InChI=1S/C3H7NO4S.H2O/c4-2(3(5)6)1-9(7)8;/h2H,1,4H2,(H,5,6)(H,7,8);1H2/t2-;/m0./s1. The van der Waals surface area contributed by atoms with Crippen molar-refractivity contribution in [2.24, 2.45) is 5.73 Å². The average Bonchev–Trinajstić information content (AvgIpc) is 1.63. The summed E-state index contributed by atoms with van der Waals surface area (Å²) in [7, 11) is 0. The number of carboxylic acids is 1. The van der Waals surface area contributed by atoms with Crippen molar-refractivity contribution in [2.75, 3.05) is 5.75 Å². The summed E-state index contributed by atoms with van der Waals surface area (Å²) in [5, 5.41) is 8.06. The normalized spacial score (nSPS) is 15.0. The summed E-state index contributed by atoms with van der Waals surface area (Å²) in [6.45, 7) is 0. The summed E-state index contributed by atoms with van der Waals surface area (Å²) in [6.07, 6.45) is 0. The van der Waals surface area contributed by atoms with E-state index in [2.05, 4.69) is 0 Å². The first-order valence-electron chi connectivity index (χ1n) is 2.10. The molecule has 0 amide bonds. The van der Waals surface area contributed by atoms with E-state index in [1.54, 1.807) is 0 Å². The van der Waals surface area contributed by atoms with Crippen molar-refractivity contribution >= 4 is 17.0 Å². The molecule has 62 valence electrons. The number of hydrogen-bond donors (Lipinski definition) is 3. The zero-order valence-electron chi connectivity index (χ0n) is 4.98. The van der Waals surface area contributed by atoms with Crippen LogP contribution in [0.4, 0.5) is 0 Å². The van der Waals surface area contributed by atoms with Gasteiger partial charge in [-0.25, -0.2) is 4.21 Å². The molecule has 0 aromatic carbocycles. The molecule has 0 aliphatic rings. The van der Waals surface area contributed by atoms with Gasteiger partial charge in [0.2, 0.25) is 0 Å². The Hall–Kier alpha value is -0.500. The van der Waals surface area contributed by atoms with E-state index in [0.29, 0.717) is 0 Å². The molecule has 0 aliphatic carbocycles. The molecule has 0 bridgehead atoms. The first-order chi connectivity index (χ1) is 4.04. The number of rotatable bonds is 3. The minimum Gasteiger partial charge on any atom is -0.480 e. The molecule has 6 N–H and O–H groups in total. The van der Waals surface area contributed by atoms with E-state index >= 15 is 0 Å². The highest BCUT2D eigenvalue weighted by Gasteiger charge is 2.13. The smallest absolute Gasteiger partial charge is 0.321 e. The first kappa shape index (κ1) is 12.2. The Morgan fingerprint density at radius 2 is 2.10 bits per heavy atom. The van der Waals surface area contributed by atoms with E-state index in [4.69, 9.17) is 15.4 Å². The molecule has 0 saturated heterocycles. The van der Waals surface area contributed by atoms with Crippen molar-refractivity contribution in [3.63, 3.8) is 0 Å². The third-order valence-electron chi connectivity index (χ3n) is 0.639. The maximum absolute atomic E-state index is 9.88. The zero-order valence-corrected chi connectivity index (χ0v) is 5.80. The largest absolute Gasteiger partial charge is 0.480 e. The van der Waals surface area contributed by atoms with E-state index in [-0.39, 0.29) is 5.48 Å². The molecule has 0 aromatic rings. The highest BCUT2D eigenvalue weighted by Crippen LogP contribution is 1.81. The fourth-order valence-corrected chi connectivity index (χ4v) is 0.675. The van der Waals surface area contributed by atoms with E-state index in [9.17, 15) is 9.00 Å². The molecular weight excluding hydrogens is 162 g/mol. The second kappa shape index (κ2) is 5.30. The number of nitrogens with two attached hydrogens (primary N) is 1. The van der Waals surface area contributed by atoms with Crippen LogP contribution in [0.2, 0.25) is 0 Å². The Morgan fingerprint density at radius 1 is 1.70 bits per heavy atom. The third kappa shape index (κ3) is 5.63. The Morgan fingerprint density at radius 3 is 2.20 bits per heavy atom. The highest BCUT2D eigenvalue weighted by molar-refractivity contribution is 7.79.